The van der Waals surface area contributed by atoms with Crippen LogP contribution in [0.1, 0.15) is 24.6 Å². The van der Waals surface area contributed by atoms with Gasteiger partial charge in [-0.25, -0.2) is 0 Å². The second-order valence-electron chi connectivity index (χ2n) is 4.50. The van der Waals surface area contributed by atoms with Gasteiger partial charge in [-0.05, 0) is 30.5 Å². The molecule has 2 aromatic rings. The Kier molecular flexibility index (Phi) is 4.91. The van der Waals surface area contributed by atoms with E-state index in [-0.39, 0.29) is 0 Å². The third kappa shape index (κ3) is 3.97. The smallest absolute Gasteiger partial charge is 0.0541 e. The Bertz CT molecular complexity index is 439. The molecule has 0 amide bonds. The second kappa shape index (κ2) is 6.92. The van der Waals surface area contributed by atoms with Gasteiger partial charge in [-0.2, -0.15) is 0 Å². The molecule has 0 spiro atoms. The first-order chi connectivity index (χ1) is 8.88. The van der Waals surface area contributed by atoms with Crippen LogP contribution in [0.5, 0.6) is 0 Å². The van der Waals surface area contributed by atoms with E-state index < -0.39 is 0 Å². The molecule has 0 aliphatic carbocycles. The number of rotatable bonds is 6. The van der Waals surface area contributed by atoms with Crippen LogP contribution in [0.2, 0.25) is 0 Å². The first kappa shape index (κ1) is 12.8. The molecular formula is C16H20N2. The lowest BCUT2D eigenvalue weighted by Gasteiger charge is -2.16. The molecule has 1 aromatic carbocycles. The highest BCUT2D eigenvalue weighted by Gasteiger charge is 2.06. The van der Waals surface area contributed by atoms with Crippen LogP contribution in [0.4, 0.5) is 0 Å². The summed E-state index contributed by atoms with van der Waals surface area (Å²) in [4.78, 5) is 4.33. The van der Waals surface area contributed by atoms with Gasteiger partial charge < -0.3 is 5.32 Å². The molecule has 1 N–H and O–H groups in total. The fraction of sp³-hybridized carbons (Fsp3) is 0.312. The highest BCUT2D eigenvalue weighted by Crippen LogP contribution is 2.06. The van der Waals surface area contributed by atoms with Crippen molar-refractivity contribution in [3.8, 4) is 0 Å². The van der Waals surface area contributed by atoms with Gasteiger partial charge in [0.15, 0.2) is 0 Å². The van der Waals surface area contributed by atoms with Crippen molar-refractivity contribution >= 4 is 0 Å². The molecule has 0 saturated heterocycles. The van der Waals surface area contributed by atoms with Gasteiger partial charge in [0.2, 0.25) is 0 Å². The van der Waals surface area contributed by atoms with Gasteiger partial charge in [0, 0.05) is 18.8 Å². The Hall–Kier alpha value is -1.67. The third-order valence-corrected chi connectivity index (χ3v) is 3.12. The largest absolute Gasteiger partial charge is 0.308 e. The van der Waals surface area contributed by atoms with Crippen LogP contribution >= 0.6 is 0 Å². The SMILES string of the molecule is CCC(Cc1ccccc1)NCc1ccccn1. The zero-order valence-corrected chi connectivity index (χ0v) is 10.8. The fourth-order valence-corrected chi connectivity index (χ4v) is 2.01. The highest BCUT2D eigenvalue weighted by molar-refractivity contribution is 5.16. The molecule has 2 rings (SSSR count). The van der Waals surface area contributed by atoms with Crippen molar-refractivity contribution in [2.24, 2.45) is 0 Å². The van der Waals surface area contributed by atoms with Gasteiger partial charge in [-0.1, -0.05) is 43.3 Å². The topological polar surface area (TPSA) is 24.9 Å². The molecule has 0 aliphatic heterocycles. The number of nitrogens with one attached hydrogen (secondary N) is 1. The standard InChI is InChI=1S/C16H20N2/c1-2-15(12-14-8-4-3-5-9-14)18-13-16-10-6-7-11-17-16/h3-11,15,18H,2,12-13H2,1H3. The van der Waals surface area contributed by atoms with Crippen molar-refractivity contribution in [2.45, 2.75) is 32.4 Å². The summed E-state index contributed by atoms with van der Waals surface area (Å²) in [6.07, 6.45) is 4.04. The molecule has 94 valence electrons. The maximum Gasteiger partial charge on any atom is 0.0541 e. The molecule has 0 bridgehead atoms. The van der Waals surface area contributed by atoms with E-state index in [2.05, 4.69) is 53.6 Å². The van der Waals surface area contributed by atoms with Gasteiger partial charge in [0.25, 0.3) is 0 Å². The summed E-state index contributed by atoms with van der Waals surface area (Å²) in [5.74, 6) is 0. The lowest BCUT2D eigenvalue weighted by atomic mass is 10.0. The van der Waals surface area contributed by atoms with E-state index in [1.54, 1.807) is 0 Å². The van der Waals surface area contributed by atoms with Crippen molar-refractivity contribution < 1.29 is 0 Å². The van der Waals surface area contributed by atoms with Gasteiger partial charge in [0.05, 0.1) is 5.69 Å². The van der Waals surface area contributed by atoms with Crippen LogP contribution in [0.3, 0.4) is 0 Å². The van der Waals surface area contributed by atoms with E-state index >= 15 is 0 Å². The molecule has 1 atom stereocenters. The number of hydrogen-bond acceptors (Lipinski definition) is 2. The van der Waals surface area contributed by atoms with E-state index in [9.17, 15) is 0 Å². The summed E-state index contributed by atoms with van der Waals surface area (Å²) in [5.41, 5.74) is 2.49. The predicted molar refractivity (Wildman–Crippen MR) is 75.3 cm³/mol. The maximum atomic E-state index is 4.33. The van der Waals surface area contributed by atoms with Crippen LogP contribution in [-0.2, 0) is 13.0 Å². The summed E-state index contributed by atoms with van der Waals surface area (Å²) in [6.45, 7) is 3.06. The van der Waals surface area contributed by atoms with E-state index in [0.717, 1.165) is 25.1 Å². The monoisotopic (exact) mass is 240 g/mol. The van der Waals surface area contributed by atoms with Gasteiger partial charge in [-0.3, -0.25) is 4.98 Å². The maximum absolute atomic E-state index is 4.33. The van der Waals surface area contributed by atoms with Crippen LogP contribution in [-0.4, -0.2) is 11.0 Å². The van der Waals surface area contributed by atoms with Crippen LogP contribution < -0.4 is 5.32 Å². The fourth-order valence-electron chi connectivity index (χ4n) is 2.01. The summed E-state index contributed by atoms with van der Waals surface area (Å²) in [7, 11) is 0. The van der Waals surface area contributed by atoms with Crippen LogP contribution in [0, 0.1) is 0 Å². The zero-order valence-electron chi connectivity index (χ0n) is 10.8. The zero-order chi connectivity index (χ0) is 12.6. The predicted octanol–water partition coefficient (Wildman–Crippen LogP) is 3.19. The normalized spacial score (nSPS) is 12.3. The van der Waals surface area contributed by atoms with Crippen molar-refractivity contribution in [1.82, 2.24) is 10.3 Å². The number of hydrogen-bond donors (Lipinski definition) is 1. The molecule has 0 radical (unpaired) electrons. The highest BCUT2D eigenvalue weighted by atomic mass is 14.9. The molecule has 0 aliphatic rings. The van der Waals surface area contributed by atoms with Crippen molar-refractivity contribution in [3.63, 3.8) is 0 Å². The molecule has 0 saturated carbocycles. The van der Waals surface area contributed by atoms with E-state index in [0.29, 0.717) is 6.04 Å². The lowest BCUT2D eigenvalue weighted by Crippen LogP contribution is -2.30. The first-order valence-corrected chi connectivity index (χ1v) is 6.55. The number of pyridine rings is 1. The Labute approximate surface area is 109 Å². The van der Waals surface area contributed by atoms with Gasteiger partial charge in [0.1, 0.15) is 0 Å². The lowest BCUT2D eigenvalue weighted by molar-refractivity contribution is 0.490. The molecule has 18 heavy (non-hydrogen) atoms. The number of benzene rings is 1. The molecule has 2 heteroatoms. The van der Waals surface area contributed by atoms with Crippen molar-refractivity contribution in [3.05, 3.63) is 66.0 Å². The summed E-state index contributed by atoms with van der Waals surface area (Å²) >= 11 is 0. The number of nitrogens with zero attached hydrogens (tertiary/aromatic N) is 1. The Morgan fingerprint density at radius 2 is 1.83 bits per heavy atom. The minimum atomic E-state index is 0.509. The minimum Gasteiger partial charge on any atom is -0.308 e. The molecule has 2 nitrogen and oxygen atoms in total. The molecule has 1 aromatic heterocycles. The Balaban J connectivity index is 1.86. The quantitative estimate of drug-likeness (QED) is 0.838. The molecular weight excluding hydrogens is 220 g/mol. The Morgan fingerprint density at radius 3 is 2.50 bits per heavy atom. The second-order valence-corrected chi connectivity index (χ2v) is 4.50. The van der Waals surface area contributed by atoms with Gasteiger partial charge >= 0.3 is 0 Å². The summed E-state index contributed by atoms with van der Waals surface area (Å²) in [6, 6.07) is 17.2. The number of aromatic nitrogens is 1. The van der Waals surface area contributed by atoms with Crippen molar-refractivity contribution in [2.75, 3.05) is 0 Å². The Morgan fingerprint density at radius 1 is 1.06 bits per heavy atom. The van der Waals surface area contributed by atoms with E-state index in [1.807, 2.05) is 18.3 Å². The average molecular weight is 240 g/mol. The third-order valence-electron chi connectivity index (χ3n) is 3.12. The van der Waals surface area contributed by atoms with Crippen molar-refractivity contribution in [1.29, 1.82) is 0 Å². The van der Waals surface area contributed by atoms with Crippen LogP contribution in [0.15, 0.2) is 54.7 Å². The van der Waals surface area contributed by atoms with Crippen LogP contribution in [0.25, 0.3) is 0 Å². The summed E-state index contributed by atoms with van der Waals surface area (Å²) in [5, 5.41) is 3.57. The summed E-state index contributed by atoms with van der Waals surface area (Å²) < 4.78 is 0. The van der Waals surface area contributed by atoms with E-state index in [4.69, 9.17) is 0 Å². The molecule has 0 fully saturated rings. The minimum absolute atomic E-state index is 0.509. The molecule has 1 heterocycles. The average Bonchev–Trinajstić information content (AvgIpc) is 2.45. The first-order valence-electron chi connectivity index (χ1n) is 6.55. The van der Waals surface area contributed by atoms with Gasteiger partial charge in [-0.15, -0.1) is 0 Å². The van der Waals surface area contributed by atoms with E-state index in [1.165, 1.54) is 5.56 Å². The molecule has 1 unspecified atom stereocenters.